The summed E-state index contributed by atoms with van der Waals surface area (Å²) in [5, 5.41) is 3.54. The quantitative estimate of drug-likeness (QED) is 0.668. The van der Waals surface area contributed by atoms with Crippen LogP contribution in [0.5, 0.6) is 0 Å². The molecular weight excluding hydrogens is 304 g/mol. The number of hydrogen-bond acceptors (Lipinski definition) is 4. The van der Waals surface area contributed by atoms with Crippen LogP contribution in [0.25, 0.3) is 0 Å². The average molecular weight is 328 g/mol. The minimum Gasteiger partial charge on any atom is -0.373 e. The maximum absolute atomic E-state index is 5.85. The molecule has 122 valence electrons. The fourth-order valence-electron chi connectivity index (χ4n) is 4.64. The fourth-order valence-corrected chi connectivity index (χ4v) is 5.23. The van der Waals surface area contributed by atoms with Crippen LogP contribution in [-0.4, -0.2) is 33.1 Å². The number of hydrogen-bond donors (Lipinski definition) is 1. The highest BCUT2D eigenvalue weighted by Crippen LogP contribution is 2.54. The van der Waals surface area contributed by atoms with E-state index in [1.54, 1.807) is 0 Å². The van der Waals surface area contributed by atoms with Crippen LogP contribution in [0.1, 0.15) is 27.2 Å². The molecule has 2 heterocycles. The van der Waals surface area contributed by atoms with Gasteiger partial charge in [0.2, 0.25) is 5.95 Å². The zero-order valence-electron chi connectivity index (χ0n) is 13.9. The van der Waals surface area contributed by atoms with Crippen molar-refractivity contribution in [3.63, 3.8) is 0 Å². The zero-order chi connectivity index (χ0) is 16.2. The van der Waals surface area contributed by atoms with E-state index in [9.17, 15) is 0 Å². The van der Waals surface area contributed by atoms with Gasteiger partial charge in [0, 0.05) is 24.5 Å². The van der Waals surface area contributed by atoms with Gasteiger partial charge in [0.25, 0.3) is 0 Å². The van der Waals surface area contributed by atoms with E-state index in [1.165, 1.54) is 6.42 Å². The molecule has 0 amide bonds. The molecule has 0 aromatic carbocycles. The molecule has 2 aliphatic carbocycles. The van der Waals surface area contributed by atoms with E-state index in [4.69, 9.17) is 12.2 Å². The SMILES string of the molecule is CC(C)(C)NC(=S)[C@@H]1[C@@H]2[C@H](CN1c1ncccn1)[C@@H]1C=C[C@H]2C1. The Morgan fingerprint density at radius 2 is 1.91 bits per heavy atom. The molecule has 5 atom stereocenters. The van der Waals surface area contributed by atoms with Gasteiger partial charge >= 0.3 is 0 Å². The molecule has 0 unspecified atom stereocenters. The van der Waals surface area contributed by atoms with Crippen LogP contribution in [-0.2, 0) is 0 Å². The highest BCUT2D eigenvalue weighted by molar-refractivity contribution is 7.80. The summed E-state index contributed by atoms with van der Waals surface area (Å²) in [5.41, 5.74) is -0.0220. The van der Waals surface area contributed by atoms with E-state index >= 15 is 0 Å². The molecule has 1 saturated heterocycles. The van der Waals surface area contributed by atoms with Gasteiger partial charge < -0.3 is 10.2 Å². The van der Waals surface area contributed by atoms with Crippen molar-refractivity contribution in [2.75, 3.05) is 11.4 Å². The standard InChI is InChI=1S/C18H24N4S/c1-18(2,3)21-16(23)15-14-12-6-5-11(9-12)13(14)10-22(15)17-19-7-4-8-20-17/h4-8,11-15H,9-10H2,1-3H3,(H,21,23)/t11-,12+,13-,14+,15+/m1/s1. The molecule has 2 bridgehead atoms. The van der Waals surface area contributed by atoms with E-state index in [0.717, 1.165) is 17.5 Å². The third kappa shape index (κ3) is 2.55. The number of aromatic nitrogens is 2. The summed E-state index contributed by atoms with van der Waals surface area (Å²) in [4.78, 5) is 12.3. The molecule has 3 aliphatic rings. The van der Waals surface area contributed by atoms with Gasteiger partial charge in [-0.1, -0.05) is 24.4 Å². The van der Waals surface area contributed by atoms with Crippen LogP contribution in [0.15, 0.2) is 30.6 Å². The normalized spacial score (nSPS) is 34.7. The largest absolute Gasteiger partial charge is 0.373 e. The van der Waals surface area contributed by atoms with E-state index < -0.39 is 0 Å². The Kier molecular flexibility index (Phi) is 3.45. The molecular formula is C18H24N4S. The topological polar surface area (TPSA) is 41.0 Å². The first-order valence-corrected chi connectivity index (χ1v) is 8.89. The van der Waals surface area contributed by atoms with E-state index in [2.05, 4.69) is 53.1 Å². The van der Waals surface area contributed by atoms with Crippen LogP contribution in [0.2, 0.25) is 0 Å². The van der Waals surface area contributed by atoms with Crippen molar-refractivity contribution in [3.8, 4) is 0 Å². The Bertz CT molecular complexity index is 636. The van der Waals surface area contributed by atoms with Crippen molar-refractivity contribution in [3.05, 3.63) is 30.6 Å². The Labute approximate surface area is 143 Å². The highest BCUT2D eigenvalue weighted by atomic mass is 32.1. The van der Waals surface area contributed by atoms with Crippen LogP contribution >= 0.6 is 12.2 Å². The van der Waals surface area contributed by atoms with Gasteiger partial charge in [-0.25, -0.2) is 9.97 Å². The van der Waals surface area contributed by atoms with E-state index in [1.807, 2.05) is 18.5 Å². The predicted molar refractivity (Wildman–Crippen MR) is 96.4 cm³/mol. The molecule has 2 fully saturated rings. The molecule has 23 heavy (non-hydrogen) atoms. The van der Waals surface area contributed by atoms with Gasteiger partial charge in [0.15, 0.2) is 0 Å². The van der Waals surface area contributed by atoms with E-state index in [-0.39, 0.29) is 11.6 Å². The Balaban J connectivity index is 1.68. The molecule has 4 nitrogen and oxygen atoms in total. The number of thiocarbonyl (C=S) groups is 1. The first-order valence-electron chi connectivity index (χ1n) is 8.48. The maximum atomic E-state index is 5.85. The molecule has 0 radical (unpaired) electrons. The van der Waals surface area contributed by atoms with Crippen LogP contribution in [0, 0.1) is 23.7 Å². The second-order valence-electron chi connectivity index (χ2n) is 8.07. The van der Waals surface area contributed by atoms with Gasteiger partial charge in [-0.05, 0) is 56.9 Å². The second kappa shape index (κ2) is 5.26. The maximum Gasteiger partial charge on any atom is 0.225 e. The Hall–Kier alpha value is -1.49. The number of allylic oxidation sites excluding steroid dienone is 2. The average Bonchev–Trinajstić information content (AvgIpc) is 3.17. The summed E-state index contributed by atoms with van der Waals surface area (Å²) in [6.45, 7) is 7.50. The number of rotatable bonds is 2. The molecule has 1 N–H and O–H groups in total. The van der Waals surface area contributed by atoms with Gasteiger partial charge in [-0.15, -0.1) is 0 Å². The fraction of sp³-hybridized carbons (Fsp3) is 0.611. The highest BCUT2D eigenvalue weighted by Gasteiger charge is 2.56. The van der Waals surface area contributed by atoms with Crippen molar-refractivity contribution >= 4 is 23.2 Å². The Morgan fingerprint density at radius 1 is 1.22 bits per heavy atom. The Morgan fingerprint density at radius 3 is 2.61 bits per heavy atom. The van der Waals surface area contributed by atoms with Crippen molar-refractivity contribution in [2.24, 2.45) is 23.7 Å². The van der Waals surface area contributed by atoms with Gasteiger partial charge in [-0.2, -0.15) is 0 Å². The molecule has 5 heteroatoms. The van der Waals surface area contributed by atoms with Crippen LogP contribution < -0.4 is 10.2 Å². The summed E-state index contributed by atoms with van der Waals surface area (Å²) in [5.74, 6) is 3.45. The summed E-state index contributed by atoms with van der Waals surface area (Å²) in [7, 11) is 0. The van der Waals surface area contributed by atoms with Gasteiger partial charge in [0.05, 0.1) is 11.0 Å². The molecule has 1 aliphatic heterocycles. The third-order valence-electron chi connectivity index (χ3n) is 5.37. The predicted octanol–water partition coefficient (Wildman–Crippen LogP) is 2.82. The van der Waals surface area contributed by atoms with Gasteiger partial charge in [-0.3, -0.25) is 0 Å². The van der Waals surface area contributed by atoms with Crippen molar-refractivity contribution in [1.82, 2.24) is 15.3 Å². The lowest BCUT2D eigenvalue weighted by atomic mass is 9.81. The number of nitrogens with zero attached hydrogens (tertiary/aromatic N) is 3. The summed E-state index contributed by atoms with van der Waals surface area (Å²) < 4.78 is 0. The van der Waals surface area contributed by atoms with Gasteiger partial charge in [0.1, 0.15) is 0 Å². The minimum absolute atomic E-state index is 0.0220. The lowest BCUT2D eigenvalue weighted by molar-refractivity contribution is 0.371. The molecule has 0 spiro atoms. The first kappa shape index (κ1) is 15.1. The summed E-state index contributed by atoms with van der Waals surface area (Å²) >= 11 is 5.85. The third-order valence-corrected chi connectivity index (χ3v) is 5.72. The van der Waals surface area contributed by atoms with Crippen molar-refractivity contribution in [2.45, 2.75) is 38.8 Å². The monoisotopic (exact) mass is 328 g/mol. The van der Waals surface area contributed by atoms with Crippen molar-refractivity contribution < 1.29 is 0 Å². The van der Waals surface area contributed by atoms with E-state index in [0.29, 0.717) is 23.7 Å². The molecule has 1 aromatic heterocycles. The number of nitrogens with one attached hydrogen (secondary N) is 1. The smallest absolute Gasteiger partial charge is 0.225 e. The zero-order valence-corrected chi connectivity index (χ0v) is 14.8. The number of anilines is 1. The molecule has 1 saturated carbocycles. The number of fused-ring (bicyclic) bond motifs is 5. The van der Waals surface area contributed by atoms with Crippen molar-refractivity contribution in [1.29, 1.82) is 0 Å². The molecule has 1 aromatic rings. The summed E-state index contributed by atoms with van der Waals surface area (Å²) in [6.07, 6.45) is 9.76. The minimum atomic E-state index is -0.0220. The molecule has 4 rings (SSSR count). The second-order valence-corrected chi connectivity index (χ2v) is 8.51. The van der Waals surface area contributed by atoms with Crippen LogP contribution in [0.3, 0.4) is 0 Å². The summed E-state index contributed by atoms with van der Waals surface area (Å²) in [6, 6.07) is 2.07. The lowest BCUT2D eigenvalue weighted by Gasteiger charge is -2.34. The lowest BCUT2D eigenvalue weighted by Crippen LogP contribution is -2.52. The first-order chi connectivity index (χ1) is 10.9. The van der Waals surface area contributed by atoms with Crippen LogP contribution in [0.4, 0.5) is 5.95 Å².